The van der Waals surface area contributed by atoms with Crippen LogP contribution < -0.4 is 5.32 Å². The van der Waals surface area contributed by atoms with E-state index in [0.29, 0.717) is 6.61 Å². The van der Waals surface area contributed by atoms with Crippen LogP contribution in [0, 0.1) is 0 Å². The van der Waals surface area contributed by atoms with Gasteiger partial charge in [-0.1, -0.05) is 6.92 Å². The predicted molar refractivity (Wildman–Crippen MR) is 66.2 cm³/mol. The Hall–Kier alpha value is -0.120. The van der Waals surface area contributed by atoms with Crippen molar-refractivity contribution in [3.63, 3.8) is 0 Å². The molecule has 15 heavy (non-hydrogen) atoms. The average molecular weight is 216 g/mol. The summed E-state index contributed by atoms with van der Waals surface area (Å²) in [6.45, 7) is 13.3. The third-order valence-corrected chi connectivity index (χ3v) is 2.39. The zero-order valence-electron chi connectivity index (χ0n) is 10.8. The molecular weight excluding hydrogens is 188 g/mol. The average Bonchev–Trinajstić information content (AvgIpc) is 2.15. The van der Waals surface area contributed by atoms with Gasteiger partial charge in [-0.15, -0.1) is 0 Å². The molecule has 0 saturated heterocycles. The summed E-state index contributed by atoms with van der Waals surface area (Å²) in [5.41, 5.74) is 0.224. The highest BCUT2D eigenvalue weighted by atomic mass is 16.3. The van der Waals surface area contributed by atoms with Crippen LogP contribution in [0.2, 0.25) is 0 Å². The van der Waals surface area contributed by atoms with E-state index in [1.807, 2.05) is 0 Å². The molecule has 0 fully saturated rings. The maximum absolute atomic E-state index is 8.75. The van der Waals surface area contributed by atoms with E-state index in [2.05, 4.69) is 37.9 Å². The van der Waals surface area contributed by atoms with Gasteiger partial charge < -0.3 is 15.3 Å². The molecule has 0 heterocycles. The topological polar surface area (TPSA) is 35.5 Å². The van der Waals surface area contributed by atoms with Crippen LogP contribution in [0.4, 0.5) is 0 Å². The van der Waals surface area contributed by atoms with Crippen molar-refractivity contribution in [1.82, 2.24) is 10.2 Å². The van der Waals surface area contributed by atoms with Crippen molar-refractivity contribution >= 4 is 0 Å². The molecule has 0 amide bonds. The Morgan fingerprint density at radius 1 is 1.13 bits per heavy atom. The second kappa shape index (κ2) is 8.08. The van der Waals surface area contributed by atoms with Crippen LogP contribution in [0.25, 0.3) is 0 Å². The maximum atomic E-state index is 8.75. The van der Waals surface area contributed by atoms with Crippen molar-refractivity contribution in [2.45, 2.75) is 46.1 Å². The Bertz CT molecular complexity index is 143. The van der Waals surface area contributed by atoms with Gasteiger partial charge in [0.15, 0.2) is 0 Å². The van der Waals surface area contributed by atoms with Gasteiger partial charge in [0, 0.05) is 18.7 Å². The van der Waals surface area contributed by atoms with Gasteiger partial charge in [-0.05, 0) is 53.2 Å². The van der Waals surface area contributed by atoms with E-state index in [0.717, 1.165) is 32.6 Å². The molecule has 0 rings (SSSR count). The van der Waals surface area contributed by atoms with E-state index in [-0.39, 0.29) is 5.54 Å². The Balaban J connectivity index is 3.46. The van der Waals surface area contributed by atoms with Gasteiger partial charge in [-0.3, -0.25) is 0 Å². The molecule has 0 unspecified atom stereocenters. The van der Waals surface area contributed by atoms with Gasteiger partial charge in [0.25, 0.3) is 0 Å². The quantitative estimate of drug-likeness (QED) is 0.603. The van der Waals surface area contributed by atoms with Crippen LogP contribution in [-0.4, -0.2) is 48.3 Å². The van der Waals surface area contributed by atoms with Gasteiger partial charge in [0.05, 0.1) is 0 Å². The fraction of sp³-hybridized carbons (Fsp3) is 1.00. The summed E-state index contributed by atoms with van der Waals surface area (Å²) in [4.78, 5) is 2.39. The van der Waals surface area contributed by atoms with Gasteiger partial charge in [0.2, 0.25) is 0 Å². The number of hydrogen-bond donors (Lipinski definition) is 2. The lowest BCUT2D eigenvalue weighted by atomic mass is 10.1. The van der Waals surface area contributed by atoms with Crippen LogP contribution in [0.5, 0.6) is 0 Å². The highest BCUT2D eigenvalue weighted by Gasteiger charge is 2.08. The van der Waals surface area contributed by atoms with E-state index in [1.165, 1.54) is 6.42 Å². The standard InChI is InChI=1S/C12H28N2O/c1-5-14(10-7-11-15)9-6-8-13-12(2,3)4/h13,15H,5-11H2,1-4H3. The maximum Gasteiger partial charge on any atom is 0.0443 e. The molecule has 3 heteroatoms. The van der Waals surface area contributed by atoms with Crippen LogP contribution >= 0.6 is 0 Å². The molecule has 2 N–H and O–H groups in total. The van der Waals surface area contributed by atoms with E-state index in [9.17, 15) is 0 Å². The second-order valence-electron chi connectivity index (χ2n) is 5.04. The van der Waals surface area contributed by atoms with E-state index < -0.39 is 0 Å². The first-order chi connectivity index (χ1) is 6.99. The molecule has 92 valence electrons. The molecule has 0 aromatic heterocycles. The first-order valence-electron chi connectivity index (χ1n) is 6.08. The third kappa shape index (κ3) is 10.2. The van der Waals surface area contributed by atoms with Crippen molar-refractivity contribution in [3.8, 4) is 0 Å². The van der Waals surface area contributed by atoms with Crippen molar-refractivity contribution in [2.24, 2.45) is 0 Å². The predicted octanol–water partition coefficient (Wildman–Crippen LogP) is 1.47. The summed E-state index contributed by atoms with van der Waals surface area (Å²) < 4.78 is 0. The number of aliphatic hydroxyl groups excluding tert-OH is 1. The second-order valence-corrected chi connectivity index (χ2v) is 5.04. The lowest BCUT2D eigenvalue weighted by Gasteiger charge is -2.23. The first-order valence-corrected chi connectivity index (χ1v) is 6.08. The number of nitrogens with zero attached hydrogens (tertiary/aromatic N) is 1. The summed E-state index contributed by atoms with van der Waals surface area (Å²) in [5, 5.41) is 12.2. The Kier molecular flexibility index (Phi) is 8.02. The largest absolute Gasteiger partial charge is 0.396 e. The highest BCUT2D eigenvalue weighted by Crippen LogP contribution is 1.99. The molecule has 0 spiro atoms. The normalized spacial score (nSPS) is 12.4. The van der Waals surface area contributed by atoms with E-state index in [4.69, 9.17) is 5.11 Å². The summed E-state index contributed by atoms with van der Waals surface area (Å²) in [5.74, 6) is 0. The van der Waals surface area contributed by atoms with E-state index >= 15 is 0 Å². The van der Waals surface area contributed by atoms with Crippen LogP contribution in [0.15, 0.2) is 0 Å². The van der Waals surface area contributed by atoms with Crippen molar-refractivity contribution in [3.05, 3.63) is 0 Å². The summed E-state index contributed by atoms with van der Waals surface area (Å²) in [6.07, 6.45) is 2.07. The summed E-state index contributed by atoms with van der Waals surface area (Å²) in [6, 6.07) is 0. The zero-order chi connectivity index (χ0) is 11.7. The molecular formula is C12H28N2O. The smallest absolute Gasteiger partial charge is 0.0443 e. The Labute approximate surface area is 94.9 Å². The minimum atomic E-state index is 0.224. The van der Waals surface area contributed by atoms with Crippen molar-refractivity contribution < 1.29 is 5.11 Å². The van der Waals surface area contributed by atoms with Gasteiger partial charge >= 0.3 is 0 Å². The molecule has 0 bridgehead atoms. The number of hydrogen-bond acceptors (Lipinski definition) is 3. The molecule has 0 saturated carbocycles. The Morgan fingerprint density at radius 3 is 2.20 bits per heavy atom. The number of nitrogens with one attached hydrogen (secondary N) is 1. The zero-order valence-corrected chi connectivity index (χ0v) is 10.8. The highest BCUT2D eigenvalue weighted by molar-refractivity contribution is 4.70. The molecule has 0 aromatic rings. The molecule has 0 aliphatic rings. The lowest BCUT2D eigenvalue weighted by molar-refractivity contribution is 0.227. The fourth-order valence-corrected chi connectivity index (χ4v) is 1.49. The van der Waals surface area contributed by atoms with Crippen molar-refractivity contribution in [1.29, 1.82) is 0 Å². The Morgan fingerprint density at radius 2 is 1.73 bits per heavy atom. The molecule has 0 aliphatic carbocycles. The monoisotopic (exact) mass is 216 g/mol. The van der Waals surface area contributed by atoms with Gasteiger partial charge in [0.1, 0.15) is 0 Å². The third-order valence-electron chi connectivity index (χ3n) is 2.39. The number of aliphatic hydroxyl groups is 1. The van der Waals surface area contributed by atoms with Crippen LogP contribution in [0.3, 0.4) is 0 Å². The van der Waals surface area contributed by atoms with Gasteiger partial charge in [-0.2, -0.15) is 0 Å². The van der Waals surface area contributed by atoms with Crippen molar-refractivity contribution in [2.75, 3.05) is 32.8 Å². The summed E-state index contributed by atoms with van der Waals surface area (Å²) >= 11 is 0. The molecule has 0 aliphatic heterocycles. The van der Waals surface area contributed by atoms with E-state index in [1.54, 1.807) is 0 Å². The molecule has 3 nitrogen and oxygen atoms in total. The van der Waals surface area contributed by atoms with Crippen LogP contribution in [-0.2, 0) is 0 Å². The van der Waals surface area contributed by atoms with Crippen LogP contribution in [0.1, 0.15) is 40.5 Å². The number of rotatable bonds is 8. The lowest BCUT2D eigenvalue weighted by Crippen LogP contribution is -2.38. The minimum absolute atomic E-state index is 0.224. The molecule has 0 aromatic carbocycles. The van der Waals surface area contributed by atoms with Gasteiger partial charge in [-0.25, -0.2) is 0 Å². The molecule has 0 radical (unpaired) electrons. The fourth-order valence-electron chi connectivity index (χ4n) is 1.49. The first kappa shape index (κ1) is 14.9. The minimum Gasteiger partial charge on any atom is -0.396 e. The SMILES string of the molecule is CCN(CCCO)CCCNC(C)(C)C. The summed E-state index contributed by atoms with van der Waals surface area (Å²) in [7, 11) is 0. The molecule has 0 atom stereocenters.